The monoisotopic (exact) mass is 364 g/mol. The van der Waals surface area contributed by atoms with E-state index < -0.39 is 0 Å². The molecule has 0 saturated carbocycles. The first kappa shape index (κ1) is 15.4. The van der Waals surface area contributed by atoms with Gasteiger partial charge in [-0.3, -0.25) is 0 Å². The van der Waals surface area contributed by atoms with E-state index in [0.717, 1.165) is 12.8 Å². The summed E-state index contributed by atoms with van der Waals surface area (Å²) in [6.07, 6.45) is 9.26. The van der Waals surface area contributed by atoms with Crippen LogP contribution in [0.1, 0.15) is 35.1 Å². The van der Waals surface area contributed by atoms with E-state index in [4.69, 9.17) is 0 Å². The highest BCUT2D eigenvalue weighted by atomic mass is 32.1. The summed E-state index contributed by atoms with van der Waals surface area (Å²) in [5, 5.41) is 2.84. The lowest BCUT2D eigenvalue weighted by Gasteiger charge is -2.10. The topological polar surface area (TPSA) is 0 Å². The third-order valence-electron chi connectivity index (χ3n) is 6.03. The molecule has 0 atom stereocenters. The van der Waals surface area contributed by atoms with Gasteiger partial charge in [-0.15, -0.1) is 11.3 Å². The Bertz CT molecular complexity index is 1270. The van der Waals surface area contributed by atoms with E-state index in [-0.39, 0.29) is 0 Å². The van der Waals surface area contributed by atoms with Crippen molar-refractivity contribution in [2.24, 2.45) is 0 Å². The van der Waals surface area contributed by atoms with Gasteiger partial charge in [0.2, 0.25) is 0 Å². The van der Waals surface area contributed by atoms with Crippen LogP contribution >= 0.6 is 11.3 Å². The van der Waals surface area contributed by atoms with Crippen molar-refractivity contribution in [1.82, 2.24) is 0 Å². The lowest BCUT2D eigenvalue weighted by molar-refractivity contribution is 0.935. The van der Waals surface area contributed by atoms with Crippen molar-refractivity contribution in [2.75, 3.05) is 0 Å². The van der Waals surface area contributed by atoms with Crippen molar-refractivity contribution < 1.29 is 0 Å². The summed E-state index contributed by atoms with van der Waals surface area (Å²) in [7, 11) is 0. The molecular weight excluding hydrogens is 344 g/mol. The Balaban J connectivity index is 1.46. The highest BCUT2D eigenvalue weighted by Crippen LogP contribution is 2.40. The van der Waals surface area contributed by atoms with Gasteiger partial charge in [-0.2, -0.15) is 0 Å². The molecule has 0 unspecified atom stereocenters. The molecule has 3 aromatic carbocycles. The quantitative estimate of drug-likeness (QED) is 0.350. The standard InChI is InChI=1S/C26H20S/c1-2-8-21-18(6-1)16-19-13-12-17(15-23(19)21)14-20-7-5-11-25-26(20)22-9-3-4-10-24(22)27-25/h2-5,7-13,15H,1,6,14,16H2. The highest BCUT2D eigenvalue weighted by molar-refractivity contribution is 7.25. The van der Waals surface area contributed by atoms with Gasteiger partial charge in [0.15, 0.2) is 0 Å². The molecule has 2 aliphatic carbocycles. The summed E-state index contributed by atoms with van der Waals surface area (Å²) in [4.78, 5) is 0. The van der Waals surface area contributed by atoms with E-state index in [1.165, 1.54) is 60.8 Å². The number of fused-ring (bicyclic) bond motifs is 5. The van der Waals surface area contributed by atoms with E-state index >= 15 is 0 Å². The van der Waals surface area contributed by atoms with Crippen LogP contribution in [0.4, 0.5) is 0 Å². The van der Waals surface area contributed by atoms with Crippen molar-refractivity contribution in [1.29, 1.82) is 0 Å². The number of benzene rings is 3. The molecule has 1 heteroatoms. The fourth-order valence-electron chi connectivity index (χ4n) is 4.76. The molecule has 0 nitrogen and oxygen atoms in total. The normalized spacial score (nSPS) is 15.6. The van der Waals surface area contributed by atoms with Gasteiger partial charge in [0, 0.05) is 20.2 Å². The summed E-state index contributed by atoms with van der Waals surface area (Å²) in [6.45, 7) is 0. The van der Waals surface area contributed by atoms with Crippen molar-refractivity contribution in [3.63, 3.8) is 0 Å². The number of thiophene rings is 1. The van der Waals surface area contributed by atoms with E-state index in [2.05, 4.69) is 72.8 Å². The van der Waals surface area contributed by atoms with Gasteiger partial charge in [0.25, 0.3) is 0 Å². The van der Waals surface area contributed by atoms with E-state index in [0.29, 0.717) is 0 Å². The average Bonchev–Trinajstić information content (AvgIpc) is 3.26. The van der Waals surface area contributed by atoms with Crippen LogP contribution in [0.15, 0.2) is 78.4 Å². The summed E-state index contributed by atoms with van der Waals surface area (Å²) < 4.78 is 2.78. The van der Waals surface area contributed by atoms with Crippen molar-refractivity contribution in [3.05, 3.63) is 101 Å². The third-order valence-corrected chi connectivity index (χ3v) is 7.17. The number of rotatable bonds is 2. The minimum Gasteiger partial charge on any atom is -0.135 e. The van der Waals surface area contributed by atoms with Crippen molar-refractivity contribution in [3.8, 4) is 0 Å². The molecule has 130 valence electrons. The highest BCUT2D eigenvalue weighted by Gasteiger charge is 2.21. The molecule has 27 heavy (non-hydrogen) atoms. The molecular formula is C26H20S. The van der Waals surface area contributed by atoms with Gasteiger partial charge in [0.05, 0.1) is 0 Å². The van der Waals surface area contributed by atoms with Crippen LogP contribution in [0, 0.1) is 0 Å². The maximum absolute atomic E-state index is 2.45. The zero-order chi connectivity index (χ0) is 17.8. The van der Waals surface area contributed by atoms with Gasteiger partial charge in [0.1, 0.15) is 0 Å². The molecule has 0 bridgehead atoms. The second kappa shape index (κ2) is 5.94. The van der Waals surface area contributed by atoms with Crippen LogP contribution < -0.4 is 0 Å². The predicted molar refractivity (Wildman–Crippen MR) is 118 cm³/mol. The van der Waals surface area contributed by atoms with Crippen LogP contribution in [0.5, 0.6) is 0 Å². The summed E-state index contributed by atoms with van der Waals surface area (Å²) in [6, 6.07) is 22.7. The van der Waals surface area contributed by atoms with Crippen molar-refractivity contribution in [2.45, 2.75) is 25.7 Å². The molecule has 0 saturated heterocycles. The van der Waals surface area contributed by atoms with Gasteiger partial charge < -0.3 is 0 Å². The molecule has 0 N–H and O–H groups in total. The molecule has 6 rings (SSSR count). The van der Waals surface area contributed by atoms with Crippen LogP contribution in [-0.2, 0) is 12.8 Å². The fraction of sp³-hybridized carbons (Fsp3) is 0.154. The van der Waals surface area contributed by atoms with Gasteiger partial charge in [-0.05, 0) is 65.6 Å². The lowest BCUT2D eigenvalue weighted by atomic mass is 9.95. The molecule has 1 heterocycles. The maximum Gasteiger partial charge on any atom is 0.0358 e. The third kappa shape index (κ3) is 2.42. The van der Waals surface area contributed by atoms with Crippen LogP contribution in [0.3, 0.4) is 0 Å². The molecule has 0 amide bonds. The van der Waals surface area contributed by atoms with Gasteiger partial charge in [-0.1, -0.05) is 66.3 Å². The second-order valence-electron chi connectivity index (χ2n) is 7.69. The zero-order valence-corrected chi connectivity index (χ0v) is 16.0. The smallest absolute Gasteiger partial charge is 0.0358 e. The Morgan fingerprint density at radius 3 is 2.81 bits per heavy atom. The molecule has 4 aromatic rings. The lowest BCUT2D eigenvalue weighted by Crippen LogP contribution is -1.92. The maximum atomic E-state index is 2.45. The SMILES string of the molecule is C1=CC2=C(CC1)Cc1ccc(Cc3cccc4sc5ccccc5c34)cc12. The van der Waals surface area contributed by atoms with Crippen molar-refractivity contribution >= 4 is 37.1 Å². The van der Waals surface area contributed by atoms with E-state index in [1.807, 2.05) is 11.3 Å². The summed E-state index contributed by atoms with van der Waals surface area (Å²) in [5.74, 6) is 0. The average molecular weight is 365 g/mol. The first-order chi connectivity index (χ1) is 13.4. The second-order valence-corrected chi connectivity index (χ2v) is 8.78. The molecule has 1 aromatic heterocycles. The largest absolute Gasteiger partial charge is 0.135 e. The van der Waals surface area contributed by atoms with Crippen LogP contribution in [-0.4, -0.2) is 0 Å². The summed E-state index contributed by atoms with van der Waals surface area (Å²) >= 11 is 1.90. The first-order valence-corrected chi connectivity index (χ1v) is 10.6. The fourth-order valence-corrected chi connectivity index (χ4v) is 5.91. The Labute approximate surface area is 163 Å². The molecule has 0 fully saturated rings. The van der Waals surface area contributed by atoms with Gasteiger partial charge in [-0.25, -0.2) is 0 Å². The van der Waals surface area contributed by atoms with Crippen LogP contribution in [0.2, 0.25) is 0 Å². The summed E-state index contributed by atoms with van der Waals surface area (Å²) in [5.41, 5.74) is 8.98. The Morgan fingerprint density at radius 1 is 0.889 bits per heavy atom. The molecule has 0 radical (unpaired) electrons. The molecule has 2 aliphatic rings. The molecule has 0 aliphatic heterocycles. The van der Waals surface area contributed by atoms with E-state index in [9.17, 15) is 0 Å². The van der Waals surface area contributed by atoms with Crippen LogP contribution in [0.25, 0.3) is 25.7 Å². The van der Waals surface area contributed by atoms with E-state index in [1.54, 1.807) is 5.57 Å². The number of hydrogen-bond acceptors (Lipinski definition) is 1. The number of allylic oxidation sites excluding steroid dienone is 4. The zero-order valence-electron chi connectivity index (χ0n) is 15.2. The minimum atomic E-state index is 0.998. The Morgan fingerprint density at radius 2 is 1.81 bits per heavy atom. The number of hydrogen-bond donors (Lipinski definition) is 0. The molecule has 0 spiro atoms. The first-order valence-electron chi connectivity index (χ1n) is 9.77. The predicted octanol–water partition coefficient (Wildman–Crippen LogP) is 7.31. The van der Waals surface area contributed by atoms with Gasteiger partial charge >= 0.3 is 0 Å². The minimum absolute atomic E-state index is 0.998. The Kier molecular flexibility index (Phi) is 3.39. The Hall–Kier alpha value is -2.64.